The van der Waals surface area contributed by atoms with Crippen LogP contribution in [0, 0.1) is 17.8 Å². The van der Waals surface area contributed by atoms with Crippen LogP contribution >= 0.6 is 0 Å². The molecule has 2 fully saturated rings. The van der Waals surface area contributed by atoms with Crippen molar-refractivity contribution in [3.8, 4) is 0 Å². The monoisotopic (exact) mass is 695 g/mol. The van der Waals surface area contributed by atoms with Gasteiger partial charge >= 0.3 is 7.12 Å². The summed E-state index contributed by atoms with van der Waals surface area (Å²) >= 11 is 0. The molecule has 2 saturated heterocycles. The number of likely N-dealkylation sites (tertiary alicyclic amines) is 1. The lowest BCUT2D eigenvalue weighted by molar-refractivity contribution is -0.140. The fourth-order valence-corrected chi connectivity index (χ4v) is 13.1. The van der Waals surface area contributed by atoms with Crippen LogP contribution in [0.15, 0.2) is 93.9 Å². The van der Waals surface area contributed by atoms with Crippen LogP contribution in [0.1, 0.15) is 71.8 Å². The molecule has 10 heteroatoms. The predicted octanol–water partition coefficient (Wildman–Crippen LogP) is 5.74. The SMILES string of the molecule is CCCN1C(=O)[C@@H]2[C@@H](CC(CO[Si](c3ccccc3)(c3ccccc3)C(C)(C)C)=C3[C@@H](CC/C(C)=C/c4ccc(CO)o4)OB(O)C[C@@H]32)C1=O. The van der Waals surface area contributed by atoms with Crippen molar-refractivity contribution in [1.29, 1.82) is 0 Å². The second-order valence-electron chi connectivity index (χ2n) is 15.1. The van der Waals surface area contributed by atoms with Gasteiger partial charge in [0.25, 0.3) is 8.32 Å². The van der Waals surface area contributed by atoms with Crippen LogP contribution in [0.3, 0.4) is 0 Å². The summed E-state index contributed by atoms with van der Waals surface area (Å²) in [5.41, 5.74) is 3.09. The molecule has 2 N–H and O–H groups in total. The minimum Gasteiger partial charge on any atom is -0.459 e. The van der Waals surface area contributed by atoms with Gasteiger partial charge in [-0.2, -0.15) is 0 Å². The van der Waals surface area contributed by atoms with Crippen LogP contribution in [-0.4, -0.2) is 61.5 Å². The number of amides is 2. The minimum atomic E-state index is -2.92. The van der Waals surface area contributed by atoms with Crippen LogP contribution in [0.4, 0.5) is 0 Å². The Morgan fingerprint density at radius 2 is 1.66 bits per heavy atom. The summed E-state index contributed by atoms with van der Waals surface area (Å²) in [5, 5.41) is 22.6. The molecule has 6 rings (SSSR count). The first-order valence-electron chi connectivity index (χ1n) is 18.0. The molecule has 1 aromatic heterocycles. The van der Waals surface area contributed by atoms with Crippen molar-refractivity contribution in [2.75, 3.05) is 13.2 Å². The molecule has 3 aliphatic rings. The van der Waals surface area contributed by atoms with Crippen LogP contribution in [0.25, 0.3) is 6.08 Å². The van der Waals surface area contributed by atoms with Crippen molar-refractivity contribution < 1.29 is 33.2 Å². The van der Waals surface area contributed by atoms with Crippen molar-refractivity contribution in [2.24, 2.45) is 17.8 Å². The summed E-state index contributed by atoms with van der Waals surface area (Å²) in [6.45, 7) is 11.3. The van der Waals surface area contributed by atoms with E-state index in [9.17, 15) is 19.7 Å². The molecule has 1 aliphatic carbocycles. The van der Waals surface area contributed by atoms with Gasteiger partial charge in [0.1, 0.15) is 18.1 Å². The molecule has 0 bridgehead atoms. The summed E-state index contributed by atoms with van der Waals surface area (Å²) in [4.78, 5) is 29.2. The van der Waals surface area contributed by atoms with E-state index in [4.69, 9.17) is 13.5 Å². The number of rotatable bonds is 12. The maximum Gasteiger partial charge on any atom is 0.455 e. The van der Waals surface area contributed by atoms with E-state index in [0.29, 0.717) is 50.4 Å². The van der Waals surface area contributed by atoms with Crippen molar-refractivity contribution >= 4 is 43.7 Å². The van der Waals surface area contributed by atoms with Crippen LogP contribution in [0.5, 0.6) is 0 Å². The number of imide groups is 1. The van der Waals surface area contributed by atoms with E-state index >= 15 is 0 Å². The van der Waals surface area contributed by atoms with E-state index in [-0.39, 0.29) is 35.7 Å². The summed E-state index contributed by atoms with van der Waals surface area (Å²) in [7, 11) is -3.97. The largest absolute Gasteiger partial charge is 0.459 e. The van der Waals surface area contributed by atoms with E-state index in [2.05, 4.69) is 69.3 Å². The van der Waals surface area contributed by atoms with Crippen LogP contribution in [-0.2, 0) is 25.3 Å². The van der Waals surface area contributed by atoms with Gasteiger partial charge in [-0.3, -0.25) is 14.5 Å². The predicted molar refractivity (Wildman–Crippen MR) is 198 cm³/mol. The zero-order valence-electron chi connectivity index (χ0n) is 29.9. The summed E-state index contributed by atoms with van der Waals surface area (Å²) in [6, 6.07) is 24.6. The number of carbonyl (C=O) groups excluding carboxylic acids is 2. The maximum absolute atomic E-state index is 13.9. The van der Waals surface area contributed by atoms with Crippen molar-refractivity contribution in [1.82, 2.24) is 4.90 Å². The summed E-state index contributed by atoms with van der Waals surface area (Å²) < 4.78 is 19.4. The molecule has 8 nitrogen and oxygen atoms in total. The van der Waals surface area contributed by atoms with Gasteiger partial charge in [0, 0.05) is 6.54 Å². The number of aliphatic hydroxyl groups is 1. The molecule has 2 aliphatic heterocycles. The maximum atomic E-state index is 13.9. The Kier molecular flexibility index (Phi) is 10.9. The lowest BCUT2D eigenvalue weighted by atomic mass is 9.58. The minimum absolute atomic E-state index is 0.110. The van der Waals surface area contributed by atoms with E-state index in [1.54, 1.807) is 6.07 Å². The van der Waals surface area contributed by atoms with Gasteiger partial charge < -0.3 is 23.6 Å². The van der Waals surface area contributed by atoms with Gasteiger partial charge in [0.15, 0.2) is 0 Å². The topological polar surface area (TPSA) is 109 Å². The average molecular weight is 696 g/mol. The van der Waals surface area contributed by atoms with E-state index in [1.165, 1.54) is 15.3 Å². The van der Waals surface area contributed by atoms with Gasteiger partial charge in [0.05, 0.1) is 24.5 Å². The van der Waals surface area contributed by atoms with Crippen LogP contribution < -0.4 is 10.4 Å². The third-order valence-electron chi connectivity index (χ3n) is 10.8. The normalized spacial score (nSPS) is 23.1. The molecule has 2 amide bonds. The van der Waals surface area contributed by atoms with E-state index < -0.39 is 33.4 Å². The first kappa shape index (κ1) is 36.3. The Morgan fingerprint density at radius 1 is 1.00 bits per heavy atom. The van der Waals surface area contributed by atoms with Gasteiger partial charge in [-0.05, 0) is 89.6 Å². The molecule has 50 heavy (non-hydrogen) atoms. The summed E-state index contributed by atoms with van der Waals surface area (Å²) in [6.07, 6.45) is 4.14. The van der Waals surface area contributed by atoms with Gasteiger partial charge in [-0.25, -0.2) is 0 Å². The molecular weight excluding hydrogens is 645 g/mol. The molecule has 0 spiro atoms. The Bertz CT molecular complexity index is 1690. The lowest BCUT2D eigenvalue weighted by Crippen LogP contribution is -2.66. The molecule has 0 unspecified atom stereocenters. The third kappa shape index (κ3) is 6.88. The first-order valence-corrected chi connectivity index (χ1v) is 19.9. The zero-order chi connectivity index (χ0) is 35.6. The number of carbonyl (C=O) groups is 2. The molecule has 0 saturated carbocycles. The highest BCUT2D eigenvalue weighted by Gasteiger charge is 2.58. The van der Waals surface area contributed by atoms with Crippen molar-refractivity contribution in [3.05, 3.63) is 101 Å². The quantitative estimate of drug-likeness (QED) is 0.141. The number of aliphatic hydroxyl groups excluding tert-OH is 1. The van der Waals surface area contributed by atoms with Gasteiger partial charge in [0.2, 0.25) is 11.8 Å². The van der Waals surface area contributed by atoms with E-state index in [1.807, 2.05) is 38.1 Å². The number of fused-ring (bicyclic) bond motifs is 3. The van der Waals surface area contributed by atoms with Crippen LogP contribution in [0.2, 0.25) is 11.4 Å². The highest BCUT2D eigenvalue weighted by atomic mass is 28.4. The van der Waals surface area contributed by atoms with Crippen molar-refractivity contribution in [2.45, 2.75) is 84.4 Å². The molecule has 264 valence electrons. The molecular formula is C40H50BNO7Si. The van der Waals surface area contributed by atoms with Gasteiger partial charge in [-0.15, -0.1) is 0 Å². The Balaban J connectivity index is 1.41. The Labute approximate surface area is 297 Å². The molecule has 2 aromatic carbocycles. The fraction of sp³-hybridized carbons (Fsp3) is 0.450. The number of allylic oxidation sites excluding steroid dienone is 1. The highest BCUT2D eigenvalue weighted by molar-refractivity contribution is 6.99. The number of furan rings is 1. The lowest BCUT2D eigenvalue weighted by Gasteiger charge is -2.46. The average Bonchev–Trinajstić information content (AvgIpc) is 3.65. The second-order valence-corrected chi connectivity index (χ2v) is 19.4. The van der Waals surface area contributed by atoms with Gasteiger partial charge in [-0.1, -0.05) is 93.9 Å². The third-order valence-corrected chi connectivity index (χ3v) is 15.7. The zero-order valence-corrected chi connectivity index (χ0v) is 30.9. The summed E-state index contributed by atoms with van der Waals surface area (Å²) in [5.74, 6) is -0.380. The second kappa shape index (κ2) is 15.0. The standard InChI is InChI=1S/C40H50BNO7Si/c1-6-21-42-38(44)33-23-28(26-47-50(40(3,4)5,31-13-9-7-10-14-31)32-15-11-8-12-16-32)36-34(37(33)39(42)45)24-41(46)49-35(36)20-17-27(2)22-29-18-19-30(25-43)48-29/h7-16,18-19,22,33-35,37,43,46H,6,17,20-21,23-26H2,1-5H3/b27-22+/t33-,34+,35-,37-/m1/s1. The first-order chi connectivity index (χ1) is 24.0. The molecule has 3 heterocycles. The number of nitrogens with zero attached hydrogens (tertiary/aromatic N) is 1. The highest BCUT2D eigenvalue weighted by Crippen LogP contribution is 2.51. The number of benzene rings is 2. The fourth-order valence-electron chi connectivity index (χ4n) is 8.59. The molecule has 3 aromatic rings. The molecule has 4 atom stereocenters. The molecule has 0 radical (unpaired) electrons. The Morgan fingerprint density at radius 3 is 2.24 bits per heavy atom. The smallest absolute Gasteiger partial charge is 0.455 e. The van der Waals surface area contributed by atoms with Crippen molar-refractivity contribution in [3.63, 3.8) is 0 Å². The van der Waals surface area contributed by atoms with E-state index in [0.717, 1.165) is 16.7 Å². The number of hydrogen-bond acceptors (Lipinski definition) is 7. The Hall–Kier alpha value is -3.54. The number of hydrogen-bond donors (Lipinski definition) is 2.